The number of nitro groups is 1. The summed E-state index contributed by atoms with van der Waals surface area (Å²) in [6, 6.07) is 9.18. The minimum absolute atomic E-state index is 0.0782. The first kappa shape index (κ1) is 13.1. The predicted octanol–water partition coefficient (Wildman–Crippen LogP) is 2.18. The van der Waals surface area contributed by atoms with Crippen LogP contribution in [0.4, 0.5) is 0 Å². The van der Waals surface area contributed by atoms with E-state index < -0.39 is 6.04 Å². The van der Waals surface area contributed by atoms with E-state index in [0.29, 0.717) is 11.7 Å². The van der Waals surface area contributed by atoms with Crippen LogP contribution < -0.4 is 0 Å². The highest BCUT2D eigenvalue weighted by atomic mass is 16.6. The maximum absolute atomic E-state index is 11.3. The van der Waals surface area contributed by atoms with Crippen LogP contribution in [0.5, 0.6) is 0 Å². The number of likely N-dealkylation sites (N-methyl/N-ethyl adjacent to an activating group) is 1. The Morgan fingerprint density at radius 3 is 2.53 bits per heavy atom. The van der Waals surface area contributed by atoms with Crippen LogP contribution in [0.25, 0.3) is 0 Å². The van der Waals surface area contributed by atoms with Gasteiger partial charge in [0.25, 0.3) is 11.7 Å². The number of hydrogen-bond donors (Lipinski definition) is 0. The molecule has 1 aliphatic heterocycles. The summed E-state index contributed by atoms with van der Waals surface area (Å²) in [7, 11) is 3.23. The second kappa shape index (κ2) is 5.09. The van der Waals surface area contributed by atoms with Gasteiger partial charge in [0.2, 0.25) is 0 Å². The molecule has 1 aromatic rings. The molecule has 0 bridgehead atoms. The van der Waals surface area contributed by atoms with Gasteiger partial charge < -0.3 is 9.64 Å². The zero-order valence-corrected chi connectivity index (χ0v) is 11.0. The van der Waals surface area contributed by atoms with E-state index in [9.17, 15) is 10.1 Å². The highest BCUT2D eigenvalue weighted by molar-refractivity contribution is 5.77. The van der Waals surface area contributed by atoms with Gasteiger partial charge in [-0.05, 0) is 12.5 Å². The maximum atomic E-state index is 11.3. The molecule has 0 fully saturated rings. The lowest BCUT2D eigenvalue weighted by Crippen LogP contribution is -2.38. The van der Waals surface area contributed by atoms with Gasteiger partial charge in [0.15, 0.2) is 6.04 Å². The van der Waals surface area contributed by atoms with E-state index in [-0.39, 0.29) is 10.6 Å². The Bertz CT molecular complexity index is 552. The molecular formula is C13H15N3O3. The largest absolute Gasteiger partial charge is 0.468 e. The summed E-state index contributed by atoms with van der Waals surface area (Å²) in [5.41, 5.74) is 1.28. The molecule has 0 spiro atoms. The van der Waals surface area contributed by atoms with Crippen molar-refractivity contribution in [3.05, 3.63) is 57.4 Å². The van der Waals surface area contributed by atoms with Crippen LogP contribution in [0.1, 0.15) is 18.5 Å². The summed E-state index contributed by atoms with van der Waals surface area (Å²) < 4.78 is 5.17. The molecule has 0 aromatic heterocycles. The van der Waals surface area contributed by atoms with Crippen LogP contribution in [0, 0.1) is 10.1 Å². The zero-order chi connectivity index (χ0) is 14.0. The Morgan fingerprint density at radius 2 is 2.00 bits per heavy atom. The van der Waals surface area contributed by atoms with Gasteiger partial charge in [-0.3, -0.25) is 10.1 Å². The molecule has 1 atom stereocenters. The number of benzene rings is 1. The topological polar surface area (TPSA) is 68.0 Å². The minimum atomic E-state index is -0.497. The Hall–Kier alpha value is -2.37. The molecule has 1 unspecified atom stereocenters. The molecule has 0 amide bonds. The van der Waals surface area contributed by atoms with Crippen molar-refractivity contribution >= 4 is 6.02 Å². The summed E-state index contributed by atoms with van der Waals surface area (Å²) in [6.07, 6.45) is 0. The standard InChI is InChI=1S/C13H15N3O3/c1-9-11(16(17)18)12(10-7-5-4-6-8-10)15(2)13(14-9)19-3/h4-8,12H,1-3H3. The van der Waals surface area contributed by atoms with Crippen LogP contribution in [-0.2, 0) is 4.74 Å². The third-order valence-electron chi connectivity index (χ3n) is 3.08. The van der Waals surface area contributed by atoms with E-state index in [4.69, 9.17) is 4.74 Å². The zero-order valence-electron chi connectivity index (χ0n) is 11.0. The van der Waals surface area contributed by atoms with Crippen molar-refractivity contribution in [3.63, 3.8) is 0 Å². The van der Waals surface area contributed by atoms with E-state index >= 15 is 0 Å². The molecule has 19 heavy (non-hydrogen) atoms. The summed E-state index contributed by atoms with van der Waals surface area (Å²) in [5, 5.41) is 11.3. The number of allylic oxidation sites excluding steroid dienone is 1. The third-order valence-corrected chi connectivity index (χ3v) is 3.08. The number of aliphatic imine (C=N–C) groups is 1. The molecule has 0 radical (unpaired) electrons. The SMILES string of the molecule is COC1=NC(C)=C([N+](=O)[O-])C(c2ccccc2)N1C. The van der Waals surface area contributed by atoms with E-state index in [2.05, 4.69) is 4.99 Å². The molecule has 6 nitrogen and oxygen atoms in total. The summed E-state index contributed by atoms with van der Waals surface area (Å²) in [6.45, 7) is 1.63. The van der Waals surface area contributed by atoms with Crippen LogP contribution in [0.2, 0.25) is 0 Å². The van der Waals surface area contributed by atoms with Crippen molar-refractivity contribution in [1.29, 1.82) is 0 Å². The van der Waals surface area contributed by atoms with Gasteiger partial charge in [-0.1, -0.05) is 30.3 Å². The molecule has 0 saturated heterocycles. The van der Waals surface area contributed by atoms with Crippen LogP contribution >= 0.6 is 0 Å². The summed E-state index contributed by atoms with van der Waals surface area (Å²) in [4.78, 5) is 16.7. The fourth-order valence-corrected chi connectivity index (χ4v) is 2.21. The lowest BCUT2D eigenvalue weighted by atomic mass is 10.0. The van der Waals surface area contributed by atoms with Crippen molar-refractivity contribution < 1.29 is 9.66 Å². The molecule has 0 aliphatic carbocycles. The molecule has 1 aromatic carbocycles. The second-order valence-electron chi connectivity index (χ2n) is 4.25. The monoisotopic (exact) mass is 261 g/mol. The van der Waals surface area contributed by atoms with Crippen LogP contribution in [0.15, 0.2) is 46.7 Å². The molecule has 1 heterocycles. The number of hydrogen-bond acceptors (Lipinski definition) is 5. The summed E-state index contributed by atoms with van der Waals surface area (Å²) in [5.74, 6) is 0. The van der Waals surface area contributed by atoms with Crippen molar-refractivity contribution in [1.82, 2.24) is 4.90 Å². The van der Waals surface area contributed by atoms with Crippen molar-refractivity contribution in [3.8, 4) is 0 Å². The smallest absolute Gasteiger partial charge is 0.294 e. The number of ether oxygens (including phenoxy) is 1. The Balaban J connectivity index is 2.57. The second-order valence-corrected chi connectivity index (χ2v) is 4.25. The van der Waals surface area contributed by atoms with Crippen molar-refractivity contribution in [2.75, 3.05) is 14.2 Å². The van der Waals surface area contributed by atoms with Gasteiger partial charge in [0.1, 0.15) is 5.70 Å². The first-order valence-corrected chi connectivity index (χ1v) is 5.82. The number of amidine groups is 1. The predicted molar refractivity (Wildman–Crippen MR) is 71.1 cm³/mol. The van der Waals surface area contributed by atoms with Gasteiger partial charge in [-0.2, -0.15) is 4.99 Å². The van der Waals surface area contributed by atoms with Gasteiger partial charge >= 0.3 is 0 Å². The van der Waals surface area contributed by atoms with Gasteiger partial charge in [-0.25, -0.2) is 0 Å². The van der Waals surface area contributed by atoms with Crippen molar-refractivity contribution in [2.45, 2.75) is 13.0 Å². The molecule has 0 saturated carbocycles. The molecule has 1 aliphatic rings. The van der Waals surface area contributed by atoms with Gasteiger partial charge in [-0.15, -0.1) is 0 Å². The Morgan fingerprint density at radius 1 is 1.37 bits per heavy atom. The number of methoxy groups -OCH3 is 1. The normalized spacial score (nSPS) is 19.2. The first-order chi connectivity index (χ1) is 9.06. The highest BCUT2D eigenvalue weighted by Crippen LogP contribution is 2.33. The average Bonchev–Trinajstić information content (AvgIpc) is 2.41. The van der Waals surface area contributed by atoms with E-state index in [1.165, 1.54) is 7.11 Å². The highest BCUT2D eigenvalue weighted by Gasteiger charge is 2.38. The third kappa shape index (κ3) is 2.29. The number of nitrogens with zero attached hydrogens (tertiary/aromatic N) is 3. The first-order valence-electron chi connectivity index (χ1n) is 5.82. The maximum Gasteiger partial charge on any atom is 0.294 e. The lowest BCUT2D eigenvalue weighted by molar-refractivity contribution is -0.434. The van der Waals surface area contributed by atoms with E-state index in [1.54, 1.807) is 18.9 Å². The van der Waals surface area contributed by atoms with Crippen LogP contribution in [-0.4, -0.2) is 30.0 Å². The van der Waals surface area contributed by atoms with Crippen molar-refractivity contribution in [2.24, 2.45) is 4.99 Å². The minimum Gasteiger partial charge on any atom is -0.468 e. The van der Waals surface area contributed by atoms with Crippen LogP contribution in [0.3, 0.4) is 0 Å². The molecule has 6 heteroatoms. The Kier molecular flexibility index (Phi) is 3.50. The molecule has 2 rings (SSSR count). The fourth-order valence-electron chi connectivity index (χ4n) is 2.21. The Labute approximate surface area is 111 Å². The molecule has 0 N–H and O–H groups in total. The van der Waals surface area contributed by atoms with Gasteiger partial charge in [0.05, 0.1) is 12.0 Å². The van der Waals surface area contributed by atoms with E-state index in [1.807, 2.05) is 30.3 Å². The summed E-state index contributed by atoms with van der Waals surface area (Å²) >= 11 is 0. The van der Waals surface area contributed by atoms with Gasteiger partial charge in [0, 0.05) is 7.05 Å². The number of rotatable bonds is 2. The fraction of sp³-hybridized carbons (Fsp3) is 0.308. The lowest BCUT2D eigenvalue weighted by Gasteiger charge is -2.31. The quantitative estimate of drug-likeness (QED) is 0.604. The molecular weight excluding hydrogens is 246 g/mol. The molecule has 100 valence electrons. The average molecular weight is 261 g/mol. The van der Waals surface area contributed by atoms with E-state index in [0.717, 1.165) is 5.56 Å².